The van der Waals surface area contributed by atoms with Crippen LogP contribution in [0.2, 0.25) is 0 Å². The van der Waals surface area contributed by atoms with Gasteiger partial charge in [0.05, 0.1) is 20.4 Å². The largest absolute Gasteiger partial charge is 0.493 e. The van der Waals surface area contributed by atoms with Gasteiger partial charge in [-0.05, 0) is 29.7 Å². The minimum Gasteiger partial charge on any atom is -0.493 e. The maximum absolute atomic E-state index is 5.32. The molecule has 1 aromatic heterocycles. The zero-order valence-electron chi connectivity index (χ0n) is 15.5. The van der Waals surface area contributed by atoms with Crippen molar-refractivity contribution in [3.63, 3.8) is 0 Å². The van der Waals surface area contributed by atoms with E-state index >= 15 is 0 Å². The van der Waals surface area contributed by atoms with Crippen LogP contribution in [0.15, 0.2) is 54.7 Å². The van der Waals surface area contributed by atoms with Crippen LogP contribution < -0.4 is 20.1 Å². The van der Waals surface area contributed by atoms with Crippen LogP contribution in [0.5, 0.6) is 11.5 Å². The second-order valence-corrected chi connectivity index (χ2v) is 5.87. The fourth-order valence-corrected chi connectivity index (χ4v) is 2.61. The van der Waals surface area contributed by atoms with E-state index < -0.39 is 0 Å². The Labute approximate surface area is 158 Å². The second kappa shape index (κ2) is 9.38. The minimum atomic E-state index is 0.467. The van der Waals surface area contributed by atoms with Crippen LogP contribution in [-0.4, -0.2) is 35.9 Å². The van der Waals surface area contributed by atoms with E-state index in [1.54, 1.807) is 20.4 Å². The maximum Gasteiger partial charge on any atom is 0.244 e. The van der Waals surface area contributed by atoms with Crippen molar-refractivity contribution in [2.75, 3.05) is 31.4 Å². The first-order chi connectivity index (χ1) is 13.3. The fourth-order valence-electron chi connectivity index (χ4n) is 2.61. The molecule has 2 aromatic carbocycles. The summed E-state index contributed by atoms with van der Waals surface area (Å²) in [5.41, 5.74) is 2.30. The van der Waals surface area contributed by atoms with Crippen molar-refractivity contribution >= 4 is 11.8 Å². The number of ether oxygens (including phenoxy) is 2. The Balaban J connectivity index is 1.54. The molecule has 1 heterocycles. The molecule has 0 aliphatic rings. The average Bonchev–Trinajstić information content (AvgIpc) is 2.73. The topological polar surface area (TPSA) is 81.2 Å². The molecular weight excluding hydrogens is 342 g/mol. The van der Waals surface area contributed by atoms with Gasteiger partial charge < -0.3 is 20.1 Å². The first-order valence-electron chi connectivity index (χ1n) is 8.71. The van der Waals surface area contributed by atoms with E-state index in [-0.39, 0.29) is 0 Å². The summed E-state index contributed by atoms with van der Waals surface area (Å²) in [4.78, 5) is 4.44. The summed E-state index contributed by atoms with van der Waals surface area (Å²) in [5, 5.41) is 14.5. The van der Waals surface area contributed by atoms with E-state index in [1.807, 2.05) is 36.4 Å². The highest BCUT2D eigenvalue weighted by Gasteiger charge is 2.06. The van der Waals surface area contributed by atoms with Crippen LogP contribution in [0.4, 0.5) is 11.8 Å². The first kappa shape index (κ1) is 18.4. The van der Waals surface area contributed by atoms with E-state index in [1.165, 1.54) is 5.56 Å². The van der Waals surface area contributed by atoms with Gasteiger partial charge in [0.25, 0.3) is 0 Å². The van der Waals surface area contributed by atoms with Crippen molar-refractivity contribution in [2.24, 2.45) is 0 Å². The molecule has 0 aliphatic heterocycles. The lowest BCUT2D eigenvalue weighted by molar-refractivity contribution is 0.354. The van der Waals surface area contributed by atoms with E-state index in [2.05, 4.69) is 37.9 Å². The number of nitrogens with zero attached hydrogens (tertiary/aromatic N) is 3. The number of rotatable bonds is 9. The zero-order chi connectivity index (χ0) is 18.9. The van der Waals surface area contributed by atoms with Crippen molar-refractivity contribution in [1.82, 2.24) is 15.2 Å². The molecule has 0 atom stereocenters. The maximum atomic E-state index is 5.32. The third-order valence-corrected chi connectivity index (χ3v) is 4.02. The summed E-state index contributed by atoms with van der Waals surface area (Å²) < 4.78 is 10.6. The predicted octanol–water partition coefficient (Wildman–Crippen LogP) is 3.16. The number of nitrogens with one attached hydrogen (secondary N) is 2. The number of benzene rings is 2. The van der Waals surface area contributed by atoms with Gasteiger partial charge in [0.1, 0.15) is 0 Å². The SMILES string of the molecule is COc1ccc(CNc2nncc(NCCc3ccccc3)n2)cc1OC. The van der Waals surface area contributed by atoms with Crippen molar-refractivity contribution in [3.8, 4) is 11.5 Å². The van der Waals surface area contributed by atoms with Crippen LogP contribution in [0.1, 0.15) is 11.1 Å². The zero-order valence-corrected chi connectivity index (χ0v) is 15.5. The van der Waals surface area contributed by atoms with Crippen molar-refractivity contribution < 1.29 is 9.47 Å². The third-order valence-electron chi connectivity index (χ3n) is 4.02. The second-order valence-electron chi connectivity index (χ2n) is 5.87. The molecule has 0 saturated heterocycles. The lowest BCUT2D eigenvalue weighted by Crippen LogP contribution is -2.10. The predicted molar refractivity (Wildman–Crippen MR) is 105 cm³/mol. The van der Waals surface area contributed by atoms with E-state index in [0.29, 0.717) is 29.8 Å². The van der Waals surface area contributed by atoms with E-state index in [0.717, 1.165) is 18.5 Å². The van der Waals surface area contributed by atoms with Crippen molar-refractivity contribution in [3.05, 3.63) is 65.9 Å². The molecular formula is C20H23N5O2. The fraction of sp³-hybridized carbons (Fsp3) is 0.250. The number of hydrogen-bond acceptors (Lipinski definition) is 7. The van der Waals surface area contributed by atoms with Gasteiger partial charge >= 0.3 is 0 Å². The van der Waals surface area contributed by atoms with Crippen molar-refractivity contribution in [1.29, 1.82) is 0 Å². The Kier molecular flexibility index (Phi) is 6.40. The molecule has 0 saturated carbocycles. The van der Waals surface area contributed by atoms with E-state index in [4.69, 9.17) is 9.47 Å². The van der Waals surface area contributed by atoms with Gasteiger partial charge in [0, 0.05) is 13.1 Å². The summed E-state index contributed by atoms with van der Waals surface area (Å²) in [6, 6.07) is 16.1. The van der Waals surface area contributed by atoms with Crippen molar-refractivity contribution in [2.45, 2.75) is 13.0 Å². The molecule has 3 rings (SSSR count). The molecule has 3 aromatic rings. The van der Waals surface area contributed by atoms with Crippen LogP contribution >= 0.6 is 0 Å². The normalized spacial score (nSPS) is 10.3. The monoisotopic (exact) mass is 365 g/mol. The first-order valence-corrected chi connectivity index (χ1v) is 8.71. The Morgan fingerprint density at radius 2 is 1.70 bits per heavy atom. The number of aromatic nitrogens is 3. The lowest BCUT2D eigenvalue weighted by atomic mass is 10.1. The Morgan fingerprint density at radius 3 is 2.48 bits per heavy atom. The molecule has 0 bridgehead atoms. The average molecular weight is 365 g/mol. The Hall–Kier alpha value is -3.35. The van der Waals surface area contributed by atoms with Gasteiger partial charge in [0.2, 0.25) is 5.95 Å². The minimum absolute atomic E-state index is 0.467. The highest BCUT2D eigenvalue weighted by Crippen LogP contribution is 2.27. The number of anilines is 2. The molecule has 27 heavy (non-hydrogen) atoms. The van der Waals surface area contributed by atoms with Gasteiger partial charge in [-0.25, -0.2) is 0 Å². The molecule has 140 valence electrons. The molecule has 7 heteroatoms. The van der Waals surface area contributed by atoms with Gasteiger partial charge in [-0.15, -0.1) is 5.10 Å². The number of hydrogen-bond donors (Lipinski definition) is 2. The van der Waals surface area contributed by atoms with Gasteiger partial charge in [-0.1, -0.05) is 36.4 Å². The molecule has 0 radical (unpaired) electrons. The summed E-state index contributed by atoms with van der Waals surface area (Å²) >= 11 is 0. The molecule has 0 amide bonds. The quantitative estimate of drug-likeness (QED) is 0.603. The third kappa shape index (κ3) is 5.31. The van der Waals surface area contributed by atoms with Gasteiger partial charge in [0.15, 0.2) is 17.3 Å². The highest BCUT2D eigenvalue weighted by atomic mass is 16.5. The van der Waals surface area contributed by atoms with Crippen LogP contribution in [0, 0.1) is 0 Å². The van der Waals surface area contributed by atoms with Crippen LogP contribution in [0.3, 0.4) is 0 Å². The summed E-state index contributed by atoms with van der Waals surface area (Å²) in [7, 11) is 3.23. The smallest absolute Gasteiger partial charge is 0.244 e. The number of methoxy groups -OCH3 is 2. The standard InChI is InChI=1S/C20H23N5O2/c1-26-17-9-8-16(12-18(17)27-2)13-22-20-24-19(14-23-25-20)21-11-10-15-6-4-3-5-7-15/h3-9,12,14H,10-11,13H2,1-2H3,(H2,21,22,24,25). The molecule has 0 unspecified atom stereocenters. The summed E-state index contributed by atoms with van der Waals surface area (Å²) in [6.07, 6.45) is 2.53. The van der Waals surface area contributed by atoms with Gasteiger partial charge in [-0.3, -0.25) is 0 Å². The Morgan fingerprint density at radius 1 is 0.889 bits per heavy atom. The lowest BCUT2D eigenvalue weighted by Gasteiger charge is -2.10. The highest BCUT2D eigenvalue weighted by molar-refractivity contribution is 5.44. The molecule has 0 spiro atoms. The summed E-state index contributed by atoms with van der Waals surface area (Å²) in [5.74, 6) is 2.54. The summed E-state index contributed by atoms with van der Waals surface area (Å²) in [6.45, 7) is 1.33. The van der Waals surface area contributed by atoms with Crippen LogP contribution in [0.25, 0.3) is 0 Å². The molecule has 0 fully saturated rings. The molecule has 0 aliphatic carbocycles. The van der Waals surface area contributed by atoms with Gasteiger partial charge in [-0.2, -0.15) is 10.1 Å². The molecule has 7 nitrogen and oxygen atoms in total. The Bertz CT molecular complexity index is 858. The van der Waals surface area contributed by atoms with E-state index in [9.17, 15) is 0 Å². The van der Waals surface area contributed by atoms with Crippen LogP contribution in [-0.2, 0) is 13.0 Å². The molecule has 2 N–H and O–H groups in total.